The van der Waals surface area contributed by atoms with Crippen LogP contribution in [0.25, 0.3) is 21.9 Å². The van der Waals surface area contributed by atoms with Gasteiger partial charge in [0, 0.05) is 22.3 Å². The van der Waals surface area contributed by atoms with E-state index in [0.717, 1.165) is 11.1 Å². The molecule has 27 heavy (non-hydrogen) atoms. The average Bonchev–Trinajstić information content (AvgIpc) is 2.64. The third kappa shape index (κ3) is 3.20. The van der Waals surface area contributed by atoms with Gasteiger partial charge in [0.05, 0.1) is 10.8 Å². The molecule has 0 aliphatic heterocycles. The molecule has 0 bridgehead atoms. The number of anilines is 1. The van der Waals surface area contributed by atoms with Gasteiger partial charge in [-0.25, -0.2) is 0 Å². The smallest absolute Gasteiger partial charge is 0.255 e. The Bertz CT molecular complexity index is 1260. The van der Waals surface area contributed by atoms with Crippen LogP contribution in [-0.2, 0) is 0 Å². The summed E-state index contributed by atoms with van der Waals surface area (Å²) in [4.78, 5) is 25.2. The van der Waals surface area contributed by atoms with E-state index in [0.29, 0.717) is 38.2 Å². The van der Waals surface area contributed by atoms with Gasteiger partial charge in [-0.3, -0.25) is 9.59 Å². The number of amides is 1. The summed E-state index contributed by atoms with van der Waals surface area (Å²) in [5.74, 6) is -0.263. The molecular formula is C22H16ClNO3. The molecule has 0 saturated heterocycles. The highest BCUT2D eigenvalue weighted by Crippen LogP contribution is 2.24. The van der Waals surface area contributed by atoms with E-state index in [1.54, 1.807) is 42.5 Å². The fraction of sp³-hybridized carbons (Fsp3) is 0.0909. The Morgan fingerprint density at radius 2 is 1.56 bits per heavy atom. The molecule has 0 aliphatic carbocycles. The normalized spacial score (nSPS) is 11.1. The minimum Gasteiger partial charge on any atom is -0.456 e. The zero-order chi connectivity index (χ0) is 19.1. The lowest BCUT2D eigenvalue weighted by Gasteiger charge is -2.08. The quantitative estimate of drug-likeness (QED) is 0.471. The molecule has 0 spiro atoms. The van der Waals surface area contributed by atoms with Crippen LogP contribution < -0.4 is 10.7 Å². The van der Waals surface area contributed by atoms with Crippen LogP contribution in [-0.4, -0.2) is 5.91 Å². The third-order valence-electron chi connectivity index (χ3n) is 4.65. The number of hydrogen-bond donors (Lipinski definition) is 1. The minimum atomic E-state index is -0.263. The van der Waals surface area contributed by atoms with Gasteiger partial charge in [0.25, 0.3) is 5.91 Å². The van der Waals surface area contributed by atoms with Crippen molar-refractivity contribution in [2.75, 3.05) is 5.32 Å². The molecular weight excluding hydrogens is 362 g/mol. The first-order valence-corrected chi connectivity index (χ1v) is 8.85. The maximum Gasteiger partial charge on any atom is 0.255 e. The van der Waals surface area contributed by atoms with Crippen molar-refractivity contribution in [3.63, 3.8) is 0 Å². The van der Waals surface area contributed by atoms with Crippen molar-refractivity contribution in [2.24, 2.45) is 0 Å². The molecule has 0 atom stereocenters. The summed E-state index contributed by atoms with van der Waals surface area (Å²) in [7, 11) is 0. The summed E-state index contributed by atoms with van der Waals surface area (Å²) in [5, 5.41) is 4.42. The van der Waals surface area contributed by atoms with Crippen molar-refractivity contribution >= 4 is 45.1 Å². The SMILES string of the molecule is Cc1cc2oc3cc(NC(=O)c4ccc(Cl)cc4)ccc3c(=O)c2cc1C. The Labute approximate surface area is 160 Å². The molecule has 0 saturated carbocycles. The van der Waals surface area contributed by atoms with Crippen molar-refractivity contribution in [1.29, 1.82) is 0 Å². The summed E-state index contributed by atoms with van der Waals surface area (Å²) in [5.41, 5.74) is 4.03. The van der Waals surface area contributed by atoms with Gasteiger partial charge >= 0.3 is 0 Å². The van der Waals surface area contributed by atoms with Crippen LogP contribution in [0.2, 0.25) is 5.02 Å². The maximum absolute atomic E-state index is 12.8. The second kappa shape index (κ2) is 6.56. The Balaban J connectivity index is 1.76. The summed E-state index contributed by atoms with van der Waals surface area (Å²) >= 11 is 5.85. The van der Waals surface area contributed by atoms with Gasteiger partial charge in [0.15, 0.2) is 0 Å². The first kappa shape index (κ1) is 17.3. The molecule has 0 unspecified atom stereocenters. The predicted molar refractivity (Wildman–Crippen MR) is 109 cm³/mol. The highest BCUT2D eigenvalue weighted by molar-refractivity contribution is 6.30. The Kier molecular flexibility index (Phi) is 4.21. The molecule has 0 fully saturated rings. The van der Waals surface area contributed by atoms with Gasteiger partial charge in [0.1, 0.15) is 11.2 Å². The monoisotopic (exact) mass is 377 g/mol. The third-order valence-corrected chi connectivity index (χ3v) is 4.90. The Morgan fingerprint density at radius 1 is 0.889 bits per heavy atom. The summed E-state index contributed by atoms with van der Waals surface area (Å²) in [6, 6.07) is 15.4. The van der Waals surface area contributed by atoms with Crippen LogP contribution >= 0.6 is 11.6 Å². The molecule has 1 aromatic heterocycles. The second-order valence-corrected chi connectivity index (χ2v) is 6.97. The standard InChI is InChI=1S/C22H16ClNO3/c1-12-9-18-19(10-13(12)2)27-20-11-16(7-8-17(20)21(18)25)24-22(26)14-3-5-15(23)6-4-14/h3-11H,1-2H3,(H,24,26). The highest BCUT2D eigenvalue weighted by Gasteiger charge is 2.11. The molecule has 134 valence electrons. The van der Waals surface area contributed by atoms with Crippen LogP contribution in [0.3, 0.4) is 0 Å². The number of fused-ring (bicyclic) bond motifs is 2. The van der Waals surface area contributed by atoms with E-state index in [-0.39, 0.29) is 11.3 Å². The minimum absolute atomic E-state index is 0.0788. The van der Waals surface area contributed by atoms with Gasteiger partial charge in [-0.05, 0) is 73.5 Å². The van der Waals surface area contributed by atoms with Crippen molar-refractivity contribution in [1.82, 2.24) is 0 Å². The largest absolute Gasteiger partial charge is 0.456 e. The van der Waals surface area contributed by atoms with Gasteiger partial charge in [-0.1, -0.05) is 11.6 Å². The molecule has 4 aromatic rings. The molecule has 5 heteroatoms. The van der Waals surface area contributed by atoms with E-state index < -0.39 is 0 Å². The van der Waals surface area contributed by atoms with Crippen LogP contribution in [0.4, 0.5) is 5.69 Å². The number of aryl methyl sites for hydroxylation is 2. The van der Waals surface area contributed by atoms with E-state index in [1.807, 2.05) is 26.0 Å². The molecule has 1 heterocycles. The number of carbonyl (C=O) groups excluding carboxylic acids is 1. The maximum atomic E-state index is 12.8. The van der Waals surface area contributed by atoms with Gasteiger partial charge in [-0.2, -0.15) is 0 Å². The molecule has 4 nitrogen and oxygen atoms in total. The molecule has 4 rings (SSSR count). The van der Waals surface area contributed by atoms with Crippen LogP contribution in [0.1, 0.15) is 21.5 Å². The number of benzene rings is 3. The summed E-state index contributed by atoms with van der Waals surface area (Å²) in [6.07, 6.45) is 0. The zero-order valence-corrected chi connectivity index (χ0v) is 15.6. The van der Waals surface area contributed by atoms with Gasteiger partial charge in [-0.15, -0.1) is 0 Å². The first-order valence-electron chi connectivity index (χ1n) is 8.47. The number of nitrogens with one attached hydrogen (secondary N) is 1. The summed E-state index contributed by atoms with van der Waals surface area (Å²) < 4.78 is 5.94. The molecule has 1 amide bonds. The van der Waals surface area contributed by atoms with Crippen molar-refractivity contribution in [3.8, 4) is 0 Å². The second-order valence-electron chi connectivity index (χ2n) is 6.54. The van der Waals surface area contributed by atoms with E-state index in [1.165, 1.54) is 0 Å². The Hall–Kier alpha value is -3.11. The Morgan fingerprint density at radius 3 is 2.30 bits per heavy atom. The fourth-order valence-corrected chi connectivity index (χ4v) is 3.12. The van der Waals surface area contributed by atoms with E-state index in [9.17, 15) is 9.59 Å². The van der Waals surface area contributed by atoms with E-state index in [2.05, 4.69) is 5.32 Å². The lowest BCUT2D eigenvalue weighted by molar-refractivity contribution is 0.102. The fourth-order valence-electron chi connectivity index (χ4n) is 2.99. The highest BCUT2D eigenvalue weighted by atomic mass is 35.5. The number of hydrogen-bond acceptors (Lipinski definition) is 3. The lowest BCUT2D eigenvalue weighted by atomic mass is 10.1. The predicted octanol–water partition coefficient (Wildman–Crippen LogP) is 5.47. The zero-order valence-electron chi connectivity index (χ0n) is 14.8. The first-order chi connectivity index (χ1) is 12.9. The van der Waals surface area contributed by atoms with Gasteiger partial charge in [0.2, 0.25) is 5.43 Å². The number of carbonyl (C=O) groups is 1. The molecule has 1 N–H and O–H groups in total. The summed E-state index contributed by atoms with van der Waals surface area (Å²) in [6.45, 7) is 3.94. The average molecular weight is 378 g/mol. The van der Waals surface area contributed by atoms with E-state index >= 15 is 0 Å². The topological polar surface area (TPSA) is 59.3 Å². The molecule has 0 aliphatic rings. The number of rotatable bonds is 2. The molecule has 0 radical (unpaired) electrons. The van der Waals surface area contributed by atoms with Crippen LogP contribution in [0, 0.1) is 13.8 Å². The lowest BCUT2D eigenvalue weighted by Crippen LogP contribution is -2.12. The van der Waals surface area contributed by atoms with Crippen molar-refractivity contribution < 1.29 is 9.21 Å². The van der Waals surface area contributed by atoms with E-state index in [4.69, 9.17) is 16.0 Å². The number of halogens is 1. The van der Waals surface area contributed by atoms with Crippen molar-refractivity contribution in [3.05, 3.63) is 86.5 Å². The van der Waals surface area contributed by atoms with Crippen LogP contribution in [0.15, 0.2) is 63.8 Å². The van der Waals surface area contributed by atoms with Crippen molar-refractivity contribution in [2.45, 2.75) is 13.8 Å². The van der Waals surface area contributed by atoms with Crippen LogP contribution in [0.5, 0.6) is 0 Å². The van der Waals surface area contributed by atoms with Gasteiger partial charge < -0.3 is 9.73 Å². The molecule has 3 aromatic carbocycles.